The number of hydrogen-bond acceptors (Lipinski definition) is 1. The zero-order valence-electron chi connectivity index (χ0n) is 10.1. The Morgan fingerprint density at radius 3 is 2.41 bits per heavy atom. The van der Waals surface area contributed by atoms with Gasteiger partial charge in [0.1, 0.15) is 11.6 Å². The van der Waals surface area contributed by atoms with Crippen LogP contribution in [0.15, 0.2) is 12.1 Å². The number of hydrogen-bond donors (Lipinski definition) is 1. The molecule has 0 heterocycles. The van der Waals surface area contributed by atoms with E-state index in [0.29, 0.717) is 12.3 Å². The molecule has 4 heteroatoms. The highest BCUT2D eigenvalue weighted by atomic mass is 35.5. The Bertz CT molecular complexity index is 380. The maximum atomic E-state index is 13.5. The lowest BCUT2D eigenvalue weighted by atomic mass is 9.98. The Hall–Kier alpha value is -0.670. The second kappa shape index (κ2) is 6.31. The average molecular weight is 262 g/mol. The van der Waals surface area contributed by atoms with Crippen molar-refractivity contribution in [3.8, 4) is 0 Å². The quantitative estimate of drug-likeness (QED) is 0.779. The molecule has 0 aliphatic carbocycles. The van der Waals surface area contributed by atoms with Crippen molar-refractivity contribution >= 4 is 11.6 Å². The molecule has 0 bridgehead atoms. The summed E-state index contributed by atoms with van der Waals surface area (Å²) in [7, 11) is 0. The van der Waals surface area contributed by atoms with E-state index in [1.165, 1.54) is 0 Å². The molecule has 1 nitrogen and oxygen atoms in total. The molecule has 0 fully saturated rings. The van der Waals surface area contributed by atoms with Crippen molar-refractivity contribution in [3.63, 3.8) is 0 Å². The van der Waals surface area contributed by atoms with Gasteiger partial charge in [0.15, 0.2) is 0 Å². The molecule has 0 aliphatic rings. The lowest BCUT2D eigenvalue weighted by molar-refractivity contribution is 0.489. The Kier molecular flexibility index (Phi) is 5.34. The molecule has 17 heavy (non-hydrogen) atoms. The fourth-order valence-corrected chi connectivity index (χ4v) is 1.87. The Balaban J connectivity index is 2.68. The highest BCUT2D eigenvalue weighted by molar-refractivity contribution is 6.30. The van der Waals surface area contributed by atoms with Gasteiger partial charge in [-0.1, -0.05) is 38.3 Å². The van der Waals surface area contributed by atoms with Gasteiger partial charge < -0.3 is 5.73 Å². The van der Waals surface area contributed by atoms with Gasteiger partial charge in [-0.15, -0.1) is 0 Å². The van der Waals surface area contributed by atoms with Gasteiger partial charge in [0.25, 0.3) is 0 Å². The lowest BCUT2D eigenvalue weighted by Gasteiger charge is -2.14. The van der Waals surface area contributed by atoms with Crippen LogP contribution < -0.4 is 5.73 Å². The smallest absolute Gasteiger partial charge is 0.142 e. The summed E-state index contributed by atoms with van der Waals surface area (Å²) in [6.07, 6.45) is 2.59. The van der Waals surface area contributed by atoms with Crippen LogP contribution in [0, 0.1) is 17.6 Å². The first-order valence-electron chi connectivity index (χ1n) is 5.81. The minimum Gasteiger partial charge on any atom is -0.324 e. The Morgan fingerprint density at radius 1 is 1.18 bits per heavy atom. The van der Waals surface area contributed by atoms with Crippen molar-refractivity contribution < 1.29 is 8.78 Å². The van der Waals surface area contributed by atoms with Crippen molar-refractivity contribution in [2.45, 2.75) is 39.2 Å². The summed E-state index contributed by atoms with van der Waals surface area (Å²) in [5, 5.41) is -0.208. The highest BCUT2D eigenvalue weighted by Crippen LogP contribution is 2.25. The molecule has 0 aliphatic heterocycles. The maximum absolute atomic E-state index is 13.5. The first-order chi connectivity index (χ1) is 7.91. The van der Waals surface area contributed by atoms with E-state index >= 15 is 0 Å². The van der Waals surface area contributed by atoms with Gasteiger partial charge >= 0.3 is 0 Å². The predicted molar refractivity (Wildman–Crippen MR) is 67.0 cm³/mol. The minimum atomic E-state index is -0.623. The normalized spacial score (nSPS) is 13.1. The highest BCUT2D eigenvalue weighted by Gasteiger charge is 2.14. The molecule has 96 valence electrons. The average Bonchev–Trinajstić information content (AvgIpc) is 2.22. The molecule has 0 amide bonds. The van der Waals surface area contributed by atoms with Crippen LogP contribution in [0.4, 0.5) is 8.78 Å². The summed E-state index contributed by atoms with van der Waals surface area (Å²) < 4.78 is 26.8. The third kappa shape index (κ3) is 4.25. The Labute approximate surface area is 106 Å². The van der Waals surface area contributed by atoms with Crippen molar-refractivity contribution in [1.29, 1.82) is 0 Å². The molecule has 1 aromatic rings. The summed E-state index contributed by atoms with van der Waals surface area (Å²) in [5.74, 6) is -0.565. The molecule has 0 aromatic heterocycles. The van der Waals surface area contributed by atoms with Crippen LogP contribution in [0.1, 0.15) is 44.7 Å². The summed E-state index contributed by atoms with van der Waals surface area (Å²) in [6, 6.07) is 1.60. The van der Waals surface area contributed by atoms with Gasteiger partial charge in [0.2, 0.25) is 0 Å². The summed E-state index contributed by atoms with van der Waals surface area (Å²) in [4.78, 5) is 0. The first-order valence-corrected chi connectivity index (χ1v) is 6.19. The van der Waals surface area contributed by atoms with Crippen molar-refractivity contribution in [2.75, 3.05) is 0 Å². The van der Waals surface area contributed by atoms with E-state index in [-0.39, 0.29) is 10.6 Å². The largest absolute Gasteiger partial charge is 0.324 e. The van der Waals surface area contributed by atoms with Crippen molar-refractivity contribution in [2.24, 2.45) is 11.7 Å². The van der Waals surface area contributed by atoms with E-state index in [1.54, 1.807) is 0 Å². The van der Waals surface area contributed by atoms with Crippen LogP contribution in [0.25, 0.3) is 0 Å². The van der Waals surface area contributed by atoms with Gasteiger partial charge in [-0.05, 0) is 24.5 Å². The van der Waals surface area contributed by atoms with Crippen LogP contribution in [0.3, 0.4) is 0 Å². The monoisotopic (exact) mass is 261 g/mol. The number of rotatable bonds is 5. The molecule has 1 rings (SSSR count). The second-order valence-electron chi connectivity index (χ2n) is 4.72. The van der Waals surface area contributed by atoms with Crippen molar-refractivity contribution in [3.05, 3.63) is 34.4 Å². The van der Waals surface area contributed by atoms with E-state index in [4.69, 9.17) is 17.3 Å². The third-order valence-electron chi connectivity index (χ3n) is 2.74. The fraction of sp³-hybridized carbons (Fsp3) is 0.538. The number of benzene rings is 1. The molecular weight excluding hydrogens is 244 g/mol. The van der Waals surface area contributed by atoms with Gasteiger partial charge in [0, 0.05) is 11.6 Å². The molecule has 0 spiro atoms. The molecule has 1 aromatic carbocycles. The van der Waals surface area contributed by atoms with Crippen LogP contribution in [0.2, 0.25) is 5.02 Å². The maximum Gasteiger partial charge on any atom is 0.142 e. The fourth-order valence-electron chi connectivity index (χ4n) is 1.72. The van der Waals surface area contributed by atoms with E-state index in [9.17, 15) is 8.78 Å². The topological polar surface area (TPSA) is 26.0 Å². The number of nitrogens with two attached hydrogens (primary N) is 1. The second-order valence-corrected chi connectivity index (χ2v) is 5.13. The summed E-state index contributed by atoms with van der Waals surface area (Å²) >= 11 is 5.48. The molecule has 2 N–H and O–H groups in total. The van der Waals surface area contributed by atoms with E-state index in [1.807, 2.05) is 0 Å². The van der Waals surface area contributed by atoms with Crippen LogP contribution >= 0.6 is 11.6 Å². The molecule has 1 unspecified atom stereocenters. The van der Waals surface area contributed by atoms with Gasteiger partial charge in [-0.2, -0.15) is 0 Å². The SMILES string of the molecule is CC(C)CCCC(N)c1cc(F)c(Cl)cc1F. The zero-order chi connectivity index (χ0) is 13.0. The van der Waals surface area contributed by atoms with Gasteiger partial charge in [0.05, 0.1) is 5.02 Å². The number of halogens is 3. The van der Waals surface area contributed by atoms with Crippen LogP contribution in [-0.4, -0.2) is 0 Å². The molecule has 0 saturated heterocycles. The minimum absolute atomic E-state index is 0.204. The molecule has 1 atom stereocenters. The first kappa shape index (κ1) is 14.4. The van der Waals surface area contributed by atoms with Crippen LogP contribution in [-0.2, 0) is 0 Å². The summed E-state index contributed by atoms with van der Waals surface area (Å²) in [6.45, 7) is 4.24. The predicted octanol–water partition coefficient (Wildman–Crippen LogP) is 4.44. The van der Waals surface area contributed by atoms with E-state index in [2.05, 4.69) is 13.8 Å². The molecular formula is C13H18ClF2N. The third-order valence-corrected chi connectivity index (χ3v) is 3.03. The summed E-state index contributed by atoms with van der Waals surface area (Å²) in [5.41, 5.74) is 6.06. The van der Waals surface area contributed by atoms with Gasteiger partial charge in [-0.3, -0.25) is 0 Å². The van der Waals surface area contributed by atoms with E-state index < -0.39 is 17.7 Å². The van der Waals surface area contributed by atoms with Gasteiger partial charge in [-0.25, -0.2) is 8.78 Å². The molecule has 0 radical (unpaired) electrons. The van der Waals surface area contributed by atoms with E-state index in [0.717, 1.165) is 25.0 Å². The zero-order valence-corrected chi connectivity index (χ0v) is 10.9. The molecule has 0 saturated carbocycles. The van der Waals surface area contributed by atoms with Crippen molar-refractivity contribution in [1.82, 2.24) is 0 Å². The Morgan fingerprint density at radius 2 is 1.82 bits per heavy atom. The van der Waals surface area contributed by atoms with Crippen LogP contribution in [0.5, 0.6) is 0 Å². The standard InChI is InChI=1S/C13H18ClF2N/c1-8(2)4-3-5-13(17)9-6-12(16)10(14)7-11(9)15/h6-8,13H,3-5,17H2,1-2H3. The lowest BCUT2D eigenvalue weighted by Crippen LogP contribution is -2.13.